The Morgan fingerprint density at radius 3 is 2.59 bits per heavy atom. The molecule has 0 fully saturated rings. The number of thioether (sulfide) groups is 1. The molecule has 0 bridgehead atoms. The molecule has 4 aromatic rings. The highest BCUT2D eigenvalue weighted by Gasteiger charge is 2.22. The van der Waals surface area contributed by atoms with Gasteiger partial charge in [-0.15, -0.1) is 0 Å². The van der Waals surface area contributed by atoms with Gasteiger partial charge in [0.2, 0.25) is 0 Å². The number of esters is 1. The van der Waals surface area contributed by atoms with Gasteiger partial charge >= 0.3 is 12.5 Å². The van der Waals surface area contributed by atoms with Crippen molar-refractivity contribution in [2.45, 2.75) is 18.3 Å². The Morgan fingerprint density at radius 1 is 1.14 bits per heavy atom. The molecular weight excluding hydrogens is 398 g/mol. The summed E-state index contributed by atoms with van der Waals surface area (Å²) in [4.78, 5) is 21.2. The molecule has 2 heterocycles. The van der Waals surface area contributed by atoms with Crippen LogP contribution in [0.15, 0.2) is 66.0 Å². The second kappa shape index (κ2) is 8.04. The molecule has 0 unspecified atom stereocenters. The number of carbonyl (C=O) groups excluding carboxylic acids is 1. The van der Waals surface area contributed by atoms with Gasteiger partial charge in [-0.05, 0) is 30.5 Å². The summed E-state index contributed by atoms with van der Waals surface area (Å²) in [5, 5.41) is 0.614. The lowest BCUT2D eigenvalue weighted by Crippen LogP contribution is -2.14. The SMILES string of the molecule is CSc1ncc(C(=O)OCc2nc3ccccc3n2C(F)F)n1-c1ccccc1. The van der Waals surface area contributed by atoms with E-state index in [0.717, 1.165) is 10.3 Å². The Bertz CT molecular complexity index is 1160. The molecule has 9 heteroatoms. The van der Waals surface area contributed by atoms with Gasteiger partial charge in [-0.3, -0.25) is 9.13 Å². The number of hydrogen-bond acceptors (Lipinski definition) is 5. The van der Waals surface area contributed by atoms with Crippen molar-refractivity contribution in [1.29, 1.82) is 0 Å². The molecule has 0 aliphatic carbocycles. The molecular formula is C20H16F2N4O2S. The zero-order chi connectivity index (χ0) is 20.4. The van der Waals surface area contributed by atoms with E-state index in [4.69, 9.17) is 4.74 Å². The summed E-state index contributed by atoms with van der Waals surface area (Å²) >= 11 is 1.38. The Kier molecular flexibility index (Phi) is 5.30. The van der Waals surface area contributed by atoms with Crippen molar-refractivity contribution in [3.05, 3.63) is 72.3 Å². The smallest absolute Gasteiger partial charge is 0.357 e. The van der Waals surface area contributed by atoms with Crippen LogP contribution in [0.5, 0.6) is 0 Å². The van der Waals surface area contributed by atoms with E-state index >= 15 is 0 Å². The number of aromatic nitrogens is 4. The first-order valence-electron chi connectivity index (χ1n) is 8.68. The first-order chi connectivity index (χ1) is 14.1. The number of para-hydroxylation sites is 3. The van der Waals surface area contributed by atoms with Crippen molar-refractivity contribution in [2.24, 2.45) is 0 Å². The van der Waals surface area contributed by atoms with Crippen molar-refractivity contribution in [1.82, 2.24) is 19.1 Å². The second-order valence-electron chi connectivity index (χ2n) is 6.04. The van der Waals surface area contributed by atoms with E-state index in [2.05, 4.69) is 9.97 Å². The molecule has 0 aliphatic rings. The molecule has 0 atom stereocenters. The third-order valence-corrected chi connectivity index (χ3v) is 4.99. The summed E-state index contributed by atoms with van der Waals surface area (Å²) in [6, 6.07) is 15.8. The van der Waals surface area contributed by atoms with Crippen LogP contribution in [-0.4, -0.2) is 31.3 Å². The van der Waals surface area contributed by atoms with Crippen LogP contribution in [0, 0.1) is 0 Å². The van der Waals surface area contributed by atoms with Crippen molar-refractivity contribution < 1.29 is 18.3 Å². The number of ether oxygens (including phenoxy) is 1. The predicted molar refractivity (Wildman–Crippen MR) is 105 cm³/mol. The molecule has 0 saturated carbocycles. The molecule has 2 aromatic heterocycles. The number of nitrogens with zero attached hydrogens (tertiary/aromatic N) is 4. The minimum absolute atomic E-state index is 0.0228. The number of alkyl halides is 2. The van der Waals surface area contributed by atoms with Crippen LogP contribution in [-0.2, 0) is 11.3 Å². The average molecular weight is 414 g/mol. The number of carbonyl (C=O) groups is 1. The van der Waals surface area contributed by atoms with Crippen LogP contribution in [0.25, 0.3) is 16.7 Å². The van der Waals surface area contributed by atoms with Crippen molar-refractivity contribution in [2.75, 3.05) is 6.26 Å². The molecule has 0 aliphatic heterocycles. The Balaban J connectivity index is 1.63. The number of hydrogen-bond donors (Lipinski definition) is 0. The molecule has 2 aromatic carbocycles. The lowest BCUT2D eigenvalue weighted by atomic mass is 10.3. The van der Waals surface area contributed by atoms with Crippen molar-refractivity contribution >= 4 is 28.8 Å². The lowest BCUT2D eigenvalue weighted by molar-refractivity contribution is 0.0379. The normalized spacial score (nSPS) is 11.3. The van der Waals surface area contributed by atoms with E-state index in [1.54, 1.807) is 28.8 Å². The fourth-order valence-corrected chi connectivity index (χ4v) is 3.61. The van der Waals surface area contributed by atoms with E-state index in [9.17, 15) is 13.6 Å². The van der Waals surface area contributed by atoms with Gasteiger partial charge in [-0.25, -0.2) is 14.8 Å². The summed E-state index contributed by atoms with van der Waals surface area (Å²) in [6.07, 6.45) is 3.26. The highest BCUT2D eigenvalue weighted by Crippen LogP contribution is 2.25. The van der Waals surface area contributed by atoms with E-state index in [0.29, 0.717) is 10.7 Å². The van der Waals surface area contributed by atoms with Crippen molar-refractivity contribution in [3.8, 4) is 5.69 Å². The quantitative estimate of drug-likeness (QED) is 0.338. The monoisotopic (exact) mass is 414 g/mol. The fourth-order valence-electron chi connectivity index (χ4n) is 3.07. The number of imidazole rings is 2. The lowest BCUT2D eigenvalue weighted by Gasteiger charge is -2.11. The number of fused-ring (bicyclic) bond motifs is 1. The minimum Gasteiger partial charge on any atom is -0.453 e. The third-order valence-electron chi connectivity index (χ3n) is 4.33. The fraction of sp³-hybridized carbons (Fsp3) is 0.150. The van der Waals surface area contributed by atoms with Crippen LogP contribution in [0.4, 0.5) is 8.78 Å². The van der Waals surface area contributed by atoms with Crippen LogP contribution < -0.4 is 0 Å². The molecule has 29 heavy (non-hydrogen) atoms. The van der Waals surface area contributed by atoms with Crippen LogP contribution in [0.3, 0.4) is 0 Å². The van der Waals surface area contributed by atoms with E-state index in [1.807, 2.05) is 36.6 Å². The standard InChI is InChI=1S/C20H16F2N4O2S/c1-29-20-23-11-16(25(20)13-7-3-2-4-8-13)18(27)28-12-17-24-14-9-5-6-10-15(14)26(17)19(21)22/h2-11,19H,12H2,1H3. The Hall–Kier alpha value is -3.20. The maximum Gasteiger partial charge on any atom is 0.357 e. The number of halogens is 2. The number of benzene rings is 2. The predicted octanol–water partition coefficient (Wildman–Crippen LogP) is 4.70. The van der Waals surface area contributed by atoms with E-state index < -0.39 is 12.5 Å². The second-order valence-corrected chi connectivity index (χ2v) is 6.82. The molecule has 0 amide bonds. The van der Waals surface area contributed by atoms with Crippen LogP contribution >= 0.6 is 11.8 Å². The summed E-state index contributed by atoms with van der Waals surface area (Å²) < 4.78 is 34.8. The molecule has 0 spiro atoms. The zero-order valence-electron chi connectivity index (χ0n) is 15.3. The summed E-state index contributed by atoms with van der Waals surface area (Å²) in [6.45, 7) is -3.18. The van der Waals surface area contributed by atoms with Gasteiger partial charge in [0.25, 0.3) is 0 Å². The molecule has 4 rings (SSSR count). The van der Waals surface area contributed by atoms with E-state index in [-0.39, 0.29) is 23.6 Å². The van der Waals surface area contributed by atoms with E-state index in [1.165, 1.54) is 18.0 Å². The average Bonchev–Trinajstić information content (AvgIpc) is 3.33. The maximum absolute atomic E-state index is 13.5. The van der Waals surface area contributed by atoms with Gasteiger partial charge in [0.15, 0.2) is 16.7 Å². The van der Waals surface area contributed by atoms with Gasteiger partial charge in [0.1, 0.15) is 6.61 Å². The van der Waals surface area contributed by atoms with Crippen molar-refractivity contribution in [3.63, 3.8) is 0 Å². The Morgan fingerprint density at radius 2 is 1.86 bits per heavy atom. The molecule has 148 valence electrons. The molecule has 6 nitrogen and oxygen atoms in total. The first kappa shape index (κ1) is 19.1. The Labute approximate surface area is 169 Å². The van der Waals surface area contributed by atoms with Gasteiger partial charge < -0.3 is 4.74 Å². The van der Waals surface area contributed by atoms with Gasteiger partial charge in [0.05, 0.1) is 17.2 Å². The molecule has 0 N–H and O–H groups in total. The maximum atomic E-state index is 13.5. The summed E-state index contributed by atoms with van der Waals surface area (Å²) in [5.41, 5.74) is 1.66. The molecule has 0 saturated heterocycles. The third kappa shape index (κ3) is 3.61. The van der Waals surface area contributed by atoms with Gasteiger partial charge in [-0.2, -0.15) is 8.78 Å². The highest BCUT2D eigenvalue weighted by molar-refractivity contribution is 7.98. The number of rotatable bonds is 6. The molecule has 0 radical (unpaired) electrons. The first-order valence-corrected chi connectivity index (χ1v) is 9.91. The van der Waals surface area contributed by atoms with Gasteiger partial charge in [-0.1, -0.05) is 42.1 Å². The summed E-state index contributed by atoms with van der Waals surface area (Å²) in [7, 11) is 0. The highest BCUT2D eigenvalue weighted by atomic mass is 32.2. The van der Waals surface area contributed by atoms with Crippen LogP contribution in [0.1, 0.15) is 22.9 Å². The minimum atomic E-state index is -2.80. The topological polar surface area (TPSA) is 61.9 Å². The van der Waals surface area contributed by atoms with Gasteiger partial charge in [0, 0.05) is 5.69 Å². The largest absolute Gasteiger partial charge is 0.453 e. The zero-order valence-corrected chi connectivity index (χ0v) is 16.1. The summed E-state index contributed by atoms with van der Waals surface area (Å²) in [5.74, 6) is -0.694. The van der Waals surface area contributed by atoms with Crippen LogP contribution in [0.2, 0.25) is 0 Å².